The molecule has 0 saturated carbocycles. The first-order valence-corrected chi connectivity index (χ1v) is 5.06. The standard InChI is InChI=1S/C9H9BrN2O/c10-8-3-6-12(9(8)13)7-1-4-11-5-2-7/h1-2,4-5,8H,3,6H2/t8-/m1/s1. The van der Waals surface area contributed by atoms with Gasteiger partial charge in [0.15, 0.2) is 0 Å². The molecule has 0 spiro atoms. The van der Waals surface area contributed by atoms with Crippen LogP contribution in [0, 0.1) is 0 Å². The third-order valence-electron chi connectivity index (χ3n) is 2.11. The van der Waals surface area contributed by atoms with Gasteiger partial charge in [-0.1, -0.05) is 15.9 Å². The maximum atomic E-state index is 11.6. The molecule has 1 aromatic heterocycles. The summed E-state index contributed by atoms with van der Waals surface area (Å²) in [4.78, 5) is 17.2. The molecule has 0 aromatic carbocycles. The molecule has 0 bridgehead atoms. The maximum Gasteiger partial charge on any atom is 0.240 e. The Bertz CT molecular complexity index is 315. The van der Waals surface area contributed by atoms with Gasteiger partial charge in [0.1, 0.15) is 0 Å². The van der Waals surface area contributed by atoms with Crippen molar-refractivity contribution < 1.29 is 4.79 Å². The summed E-state index contributed by atoms with van der Waals surface area (Å²) in [6, 6.07) is 3.70. The molecule has 1 amide bonds. The van der Waals surface area contributed by atoms with Gasteiger partial charge in [-0.25, -0.2) is 0 Å². The van der Waals surface area contributed by atoms with Crippen LogP contribution in [0.5, 0.6) is 0 Å². The SMILES string of the molecule is O=C1[C@H](Br)CCN1c1ccncc1. The summed E-state index contributed by atoms with van der Waals surface area (Å²) < 4.78 is 0. The Balaban J connectivity index is 2.24. The summed E-state index contributed by atoms with van der Waals surface area (Å²) in [6.45, 7) is 0.790. The van der Waals surface area contributed by atoms with Crippen molar-refractivity contribution in [2.45, 2.75) is 11.2 Å². The average molecular weight is 241 g/mol. The van der Waals surface area contributed by atoms with Gasteiger partial charge in [0.25, 0.3) is 0 Å². The zero-order chi connectivity index (χ0) is 9.26. The maximum absolute atomic E-state index is 11.6. The molecule has 3 nitrogen and oxygen atoms in total. The Kier molecular flexibility index (Phi) is 2.31. The third kappa shape index (κ3) is 1.58. The Morgan fingerprint density at radius 2 is 2.15 bits per heavy atom. The van der Waals surface area contributed by atoms with E-state index in [0.717, 1.165) is 18.7 Å². The number of anilines is 1. The van der Waals surface area contributed by atoms with Crippen LogP contribution in [0.2, 0.25) is 0 Å². The molecule has 0 N–H and O–H groups in total. The Hall–Kier alpha value is -0.900. The predicted molar refractivity (Wildman–Crippen MR) is 53.9 cm³/mol. The molecule has 0 aliphatic carbocycles. The zero-order valence-corrected chi connectivity index (χ0v) is 8.57. The van der Waals surface area contributed by atoms with Crippen LogP contribution in [0.1, 0.15) is 6.42 Å². The van der Waals surface area contributed by atoms with E-state index in [-0.39, 0.29) is 10.7 Å². The number of aromatic nitrogens is 1. The number of halogens is 1. The summed E-state index contributed by atoms with van der Waals surface area (Å²) in [5.74, 6) is 0.145. The van der Waals surface area contributed by atoms with E-state index in [1.165, 1.54) is 0 Å². The molecular weight excluding hydrogens is 232 g/mol. The molecule has 1 saturated heterocycles. The van der Waals surface area contributed by atoms with Gasteiger partial charge in [0.2, 0.25) is 5.91 Å². The topological polar surface area (TPSA) is 33.2 Å². The molecule has 1 aromatic rings. The van der Waals surface area contributed by atoms with E-state index >= 15 is 0 Å². The van der Waals surface area contributed by atoms with Crippen molar-refractivity contribution in [2.75, 3.05) is 11.4 Å². The third-order valence-corrected chi connectivity index (χ3v) is 2.96. The lowest BCUT2D eigenvalue weighted by Gasteiger charge is -2.14. The number of amides is 1. The highest BCUT2D eigenvalue weighted by Gasteiger charge is 2.30. The number of carbonyl (C=O) groups excluding carboxylic acids is 1. The summed E-state index contributed by atoms with van der Waals surface area (Å²) >= 11 is 3.33. The molecule has 4 heteroatoms. The molecule has 0 unspecified atom stereocenters. The Labute approximate surface area is 84.9 Å². The summed E-state index contributed by atoms with van der Waals surface area (Å²) in [6.07, 6.45) is 4.27. The Morgan fingerprint density at radius 3 is 2.69 bits per heavy atom. The number of hydrogen-bond acceptors (Lipinski definition) is 2. The van der Waals surface area contributed by atoms with E-state index < -0.39 is 0 Å². The number of carbonyl (C=O) groups is 1. The molecule has 1 fully saturated rings. The largest absolute Gasteiger partial charge is 0.311 e. The van der Waals surface area contributed by atoms with Crippen molar-refractivity contribution in [3.8, 4) is 0 Å². The lowest BCUT2D eigenvalue weighted by atomic mass is 10.4. The lowest BCUT2D eigenvalue weighted by Crippen LogP contribution is -2.26. The lowest BCUT2D eigenvalue weighted by molar-refractivity contribution is -0.116. The quantitative estimate of drug-likeness (QED) is 0.699. The molecule has 1 aliphatic rings. The van der Waals surface area contributed by atoms with Crippen molar-refractivity contribution in [3.05, 3.63) is 24.5 Å². The van der Waals surface area contributed by atoms with Crippen molar-refractivity contribution in [1.82, 2.24) is 4.98 Å². The number of hydrogen-bond donors (Lipinski definition) is 0. The first kappa shape index (κ1) is 8.69. The molecule has 2 heterocycles. The first-order chi connectivity index (χ1) is 6.29. The van der Waals surface area contributed by atoms with E-state index in [2.05, 4.69) is 20.9 Å². The van der Waals surface area contributed by atoms with Gasteiger partial charge in [0.05, 0.1) is 4.83 Å². The van der Waals surface area contributed by atoms with Crippen molar-refractivity contribution in [2.24, 2.45) is 0 Å². The van der Waals surface area contributed by atoms with E-state index in [9.17, 15) is 4.79 Å². The monoisotopic (exact) mass is 240 g/mol. The van der Waals surface area contributed by atoms with E-state index in [1.807, 2.05) is 12.1 Å². The van der Waals surface area contributed by atoms with Gasteiger partial charge in [0, 0.05) is 24.6 Å². The number of nitrogens with zero attached hydrogens (tertiary/aromatic N) is 2. The van der Waals surface area contributed by atoms with Crippen LogP contribution in [0.25, 0.3) is 0 Å². The van der Waals surface area contributed by atoms with Crippen molar-refractivity contribution >= 4 is 27.5 Å². The van der Waals surface area contributed by atoms with Gasteiger partial charge in [-0.3, -0.25) is 9.78 Å². The molecule has 1 atom stereocenters. The van der Waals surface area contributed by atoms with Gasteiger partial charge in [-0.2, -0.15) is 0 Å². The molecule has 2 rings (SSSR count). The molecular formula is C9H9BrN2O. The molecule has 1 aliphatic heterocycles. The fourth-order valence-electron chi connectivity index (χ4n) is 1.43. The van der Waals surface area contributed by atoms with Crippen LogP contribution >= 0.6 is 15.9 Å². The van der Waals surface area contributed by atoms with Crippen molar-refractivity contribution in [1.29, 1.82) is 0 Å². The second kappa shape index (κ2) is 3.46. The predicted octanol–water partition coefficient (Wildman–Crippen LogP) is 1.58. The molecule has 0 radical (unpaired) electrons. The highest BCUT2D eigenvalue weighted by Crippen LogP contribution is 2.24. The normalized spacial score (nSPS) is 22.4. The van der Waals surface area contributed by atoms with Gasteiger partial charge in [-0.15, -0.1) is 0 Å². The fraction of sp³-hybridized carbons (Fsp3) is 0.333. The van der Waals surface area contributed by atoms with Gasteiger partial charge < -0.3 is 4.90 Å². The van der Waals surface area contributed by atoms with E-state index in [4.69, 9.17) is 0 Å². The van der Waals surface area contributed by atoms with Crippen LogP contribution in [-0.4, -0.2) is 22.3 Å². The second-order valence-corrected chi connectivity index (χ2v) is 4.06. The smallest absolute Gasteiger partial charge is 0.240 e. The minimum Gasteiger partial charge on any atom is -0.311 e. The minimum absolute atomic E-state index is 0.0133. The van der Waals surface area contributed by atoms with Gasteiger partial charge >= 0.3 is 0 Å². The van der Waals surface area contributed by atoms with Crippen molar-refractivity contribution in [3.63, 3.8) is 0 Å². The first-order valence-electron chi connectivity index (χ1n) is 4.14. The van der Waals surface area contributed by atoms with Crippen LogP contribution in [0.15, 0.2) is 24.5 Å². The second-order valence-electron chi connectivity index (χ2n) is 2.95. The average Bonchev–Trinajstić information content (AvgIpc) is 2.49. The zero-order valence-electron chi connectivity index (χ0n) is 6.98. The molecule has 13 heavy (non-hydrogen) atoms. The summed E-state index contributed by atoms with van der Waals surface area (Å²) in [7, 11) is 0. The number of alkyl halides is 1. The number of rotatable bonds is 1. The van der Waals surface area contributed by atoms with Crippen LogP contribution in [-0.2, 0) is 4.79 Å². The highest BCUT2D eigenvalue weighted by atomic mass is 79.9. The van der Waals surface area contributed by atoms with E-state index in [0.29, 0.717) is 0 Å². The summed E-state index contributed by atoms with van der Waals surface area (Å²) in [5, 5.41) is 0. The summed E-state index contributed by atoms with van der Waals surface area (Å²) in [5.41, 5.74) is 0.932. The molecule has 68 valence electrons. The number of pyridine rings is 1. The van der Waals surface area contributed by atoms with Crippen LogP contribution < -0.4 is 4.90 Å². The van der Waals surface area contributed by atoms with Crippen LogP contribution in [0.3, 0.4) is 0 Å². The highest BCUT2D eigenvalue weighted by molar-refractivity contribution is 9.10. The van der Waals surface area contributed by atoms with Gasteiger partial charge in [-0.05, 0) is 18.6 Å². The van der Waals surface area contributed by atoms with E-state index in [1.54, 1.807) is 17.3 Å². The Morgan fingerprint density at radius 1 is 1.46 bits per heavy atom. The fourth-order valence-corrected chi connectivity index (χ4v) is 1.88. The van der Waals surface area contributed by atoms with Crippen LogP contribution in [0.4, 0.5) is 5.69 Å². The minimum atomic E-state index is -0.0133.